The summed E-state index contributed by atoms with van der Waals surface area (Å²) in [5.74, 6) is 1.42. The second-order valence-electron chi connectivity index (χ2n) is 3.61. The van der Waals surface area contributed by atoms with Gasteiger partial charge in [-0.1, -0.05) is 6.08 Å². The van der Waals surface area contributed by atoms with Crippen molar-refractivity contribution in [1.29, 1.82) is 0 Å². The molecule has 1 aromatic heterocycles. The van der Waals surface area contributed by atoms with Crippen LogP contribution in [0.15, 0.2) is 35.5 Å². The highest BCUT2D eigenvalue weighted by Gasteiger charge is 2.35. The van der Waals surface area contributed by atoms with Crippen LogP contribution >= 0.6 is 0 Å². The number of aliphatic hydroxyl groups excluding tert-OH is 1. The van der Waals surface area contributed by atoms with E-state index in [4.69, 9.17) is 4.42 Å². The largest absolute Gasteiger partial charge is 0.467 e. The van der Waals surface area contributed by atoms with Crippen LogP contribution in [0.5, 0.6) is 0 Å². The van der Waals surface area contributed by atoms with Crippen LogP contribution < -0.4 is 0 Å². The van der Waals surface area contributed by atoms with Crippen LogP contribution in [0.1, 0.15) is 24.7 Å². The fourth-order valence-electron chi connectivity index (χ4n) is 1.71. The van der Waals surface area contributed by atoms with Crippen LogP contribution in [0.3, 0.4) is 0 Å². The Hall–Kier alpha value is -1.02. The minimum Gasteiger partial charge on any atom is -0.467 e. The fraction of sp³-hybridized carbons (Fsp3) is 0.455. The summed E-state index contributed by atoms with van der Waals surface area (Å²) >= 11 is 0. The summed E-state index contributed by atoms with van der Waals surface area (Å²) in [5, 5.41) is 9.91. The van der Waals surface area contributed by atoms with Crippen LogP contribution in [0, 0.1) is 11.8 Å². The summed E-state index contributed by atoms with van der Waals surface area (Å²) in [4.78, 5) is 0. The summed E-state index contributed by atoms with van der Waals surface area (Å²) in [6.07, 6.45) is 5.32. The lowest BCUT2D eigenvalue weighted by Gasteiger charge is -2.16. The normalized spacial score (nSPS) is 21.0. The second-order valence-corrected chi connectivity index (χ2v) is 3.61. The van der Waals surface area contributed by atoms with Crippen molar-refractivity contribution in [3.05, 3.63) is 36.8 Å². The van der Waals surface area contributed by atoms with Crippen LogP contribution in [0.25, 0.3) is 0 Å². The van der Waals surface area contributed by atoms with E-state index in [0.29, 0.717) is 11.7 Å². The first-order valence-electron chi connectivity index (χ1n) is 4.67. The van der Waals surface area contributed by atoms with E-state index >= 15 is 0 Å². The Morgan fingerprint density at radius 2 is 2.38 bits per heavy atom. The molecule has 0 aliphatic heterocycles. The van der Waals surface area contributed by atoms with Gasteiger partial charge in [0.2, 0.25) is 0 Å². The predicted octanol–water partition coefficient (Wildman–Crippen LogP) is 2.53. The molecule has 1 aliphatic rings. The minimum atomic E-state index is -0.514. The van der Waals surface area contributed by atoms with E-state index in [1.54, 1.807) is 12.3 Å². The molecule has 0 bridgehead atoms. The third kappa shape index (κ3) is 1.68. The highest BCUT2D eigenvalue weighted by molar-refractivity contribution is 5.08. The van der Waals surface area contributed by atoms with Crippen molar-refractivity contribution >= 4 is 0 Å². The molecule has 1 aliphatic carbocycles. The fourth-order valence-corrected chi connectivity index (χ4v) is 1.71. The van der Waals surface area contributed by atoms with Crippen LogP contribution in [0.2, 0.25) is 0 Å². The van der Waals surface area contributed by atoms with Gasteiger partial charge in [0.25, 0.3) is 0 Å². The lowest BCUT2D eigenvalue weighted by atomic mass is 9.95. The number of aliphatic hydroxyl groups is 1. The van der Waals surface area contributed by atoms with Gasteiger partial charge in [0.05, 0.1) is 6.26 Å². The van der Waals surface area contributed by atoms with Gasteiger partial charge in [-0.15, -0.1) is 6.58 Å². The monoisotopic (exact) mass is 178 g/mol. The molecule has 2 atom stereocenters. The zero-order chi connectivity index (χ0) is 9.26. The first kappa shape index (κ1) is 8.57. The molecule has 2 nitrogen and oxygen atoms in total. The Kier molecular flexibility index (Phi) is 2.23. The predicted molar refractivity (Wildman–Crippen MR) is 50.1 cm³/mol. The number of hydrogen-bond donors (Lipinski definition) is 1. The molecule has 0 amide bonds. The van der Waals surface area contributed by atoms with Crippen molar-refractivity contribution in [3.63, 3.8) is 0 Å². The van der Waals surface area contributed by atoms with E-state index in [1.165, 1.54) is 12.8 Å². The van der Waals surface area contributed by atoms with E-state index in [2.05, 4.69) is 6.58 Å². The van der Waals surface area contributed by atoms with E-state index in [0.717, 1.165) is 0 Å². The highest BCUT2D eigenvalue weighted by atomic mass is 16.4. The van der Waals surface area contributed by atoms with Gasteiger partial charge >= 0.3 is 0 Å². The second kappa shape index (κ2) is 3.38. The molecule has 0 spiro atoms. The van der Waals surface area contributed by atoms with Crippen molar-refractivity contribution in [2.45, 2.75) is 18.9 Å². The molecule has 1 N–H and O–H groups in total. The Morgan fingerprint density at radius 1 is 1.62 bits per heavy atom. The molecular weight excluding hydrogens is 164 g/mol. The summed E-state index contributed by atoms with van der Waals surface area (Å²) in [5.41, 5.74) is 0. The summed E-state index contributed by atoms with van der Waals surface area (Å²) in [6, 6.07) is 3.61. The molecule has 1 heterocycles. The van der Waals surface area contributed by atoms with E-state index in [1.807, 2.05) is 12.1 Å². The maximum atomic E-state index is 9.91. The molecule has 0 saturated heterocycles. The molecule has 0 unspecified atom stereocenters. The lowest BCUT2D eigenvalue weighted by Crippen LogP contribution is -2.11. The third-order valence-electron chi connectivity index (χ3n) is 2.64. The maximum absolute atomic E-state index is 9.91. The zero-order valence-corrected chi connectivity index (χ0v) is 7.52. The van der Waals surface area contributed by atoms with Crippen LogP contribution in [-0.2, 0) is 0 Å². The Balaban J connectivity index is 2.09. The van der Waals surface area contributed by atoms with Gasteiger partial charge in [0.15, 0.2) is 0 Å². The Morgan fingerprint density at radius 3 is 2.85 bits per heavy atom. The van der Waals surface area contributed by atoms with Gasteiger partial charge in [-0.05, 0) is 30.9 Å². The van der Waals surface area contributed by atoms with Gasteiger partial charge < -0.3 is 9.52 Å². The topological polar surface area (TPSA) is 33.4 Å². The third-order valence-corrected chi connectivity index (χ3v) is 2.64. The molecule has 0 radical (unpaired) electrons. The van der Waals surface area contributed by atoms with Crippen molar-refractivity contribution in [1.82, 2.24) is 0 Å². The van der Waals surface area contributed by atoms with Crippen LogP contribution in [-0.4, -0.2) is 5.11 Å². The van der Waals surface area contributed by atoms with Crippen molar-refractivity contribution in [2.24, 2.45) is 11.8 Å². The summed E-state index contributed by atoms with van der Waals surface area (Å²) in [6.45, 7) is 3.75. The van der Waals surface area contributed by atoms with Gasteiger partial charge in [-0.25, -0.2) is 0 Å². The molecule has 1 saturated carbocycles. The molecule has 70 valence electrons. The molecule has 1 aromatic rings. The SMILES string of the molecule is C=C[C@@H](C1CC1)[C@@H](O)c1ccco1. The summed E-state index contributed by atoms with van der Waals surface area (Å²) in [7, 11) is 0. The average molecular weight is 178 g/mol. The van der Waals surface area contributed by atoms with Crippen molar-refractivity contribution < 1.29 is 9.52 Å². The Labute approximate surface area is 77.9 Å². The van der Waals surface area contributed by atoms with E-state index in [-0.39, 0.29) is 5.92 Å². The quantitative estimate of drug-likeness (QED) is 0.719. The first-order chi connectivity index (χ1) is 6.33. The number of rotatable bonds is 4. The van der Waals surface area contributed by atoms with Gasteiger partial charge in [-0.3, -0.25) is 0 Å². The molecule has 2 rings (SSSR count). The minimum absolute atomic E-state index is 0.158. The number of hydrogen-bond acceptors (Lipinski definition) is 2. The van der Waals surface area contributed by atoms with Crippen molar-refractivity contribution in [3.8, 4) is 0 Å². The average Bonchev–Trinajstić information content (AvgIpc) is 2.83. The lowest BCUT2D eigenvalue weighted by molar-refractivity contribution is 0.0972. The van der Waals surface area contributed by atoms with Gasteiger partial charge in [-0.2, -0.15) is 0 Å². The van der Waals surface area contributed by atoms with E-state index < -0.39 is 6.10 Å². The Bertz CT molecular complexity index is 272. The molecular formula is C11H14O2. The van der Waals surface area contributed by atoms with E-state index in [9.17, 15) is 5.11 Å². The molecule has 0 aromatic carbocycles. The molecule has 1 fully saturated rings. The first-order valence-corrected chi connectivity index (χ1v) is 4.67. The smallest absolute Gasteiger partial charge is 0.132 e. The van der Waals surface area contributed by atoms with Crippen molar-refractivity contribution in [2.75, 3.05) is 0 Å². The molecule has 13 heavy (non-hydrogen) atoms. The maximum Gasteiger partial charge on any atom is 0.132 e. The summed E-state index contributed by atoms with van der Waals surface area (Å²) < 4.78 is 5.16. The standard InChI is InChI=1S/C11H14O2/c1-2-9(8-5-6-8)11(12)10-4-3-7-13-10/h2-4,7-9,11-12H,1,5-6H2/t9-,11+/m0/s1. The zero-order valence-electron chi connectivity index (χ0n) is 7.52. The van der Waals surface area contributed by atoms with Gasteiger partial charge in [0, 0.05) is 5.92 Å². The highest BCUT2D eigenvalue weighted by Crippen LogP contribution is 2.43. The van der Waals surface area contributed by atoms with Gasteiger partial charge in [0.1, 0.15) is 11.9 Å². The number of furan rings is 1. The van der Waals surface area contributed by atoms with Crippen LogP contribution in [0.4, 0.5) is 0 Å². The molecule has 2 heteroatoms.